The molecule has 1 aromatic heterocycles. The molecule has 0 spiro atoms. The second-order valence-corrected chi connectivity index (χ2v) is 5.18. The number of hydrogen-bond acceptors (Lipinski definition) is 4. The van der Waals surface area contributed by atoms with Crippen LogP contribution in [-0.2, 0) is 4.79 Å². The minimum absolute atomic E-state index is 0.00808. The molecule has 3 N–H and O–H groups in total. The van der Waals surface area contributed by atoms with E-state index in [0.29, 0.717) is 5.02 Å². The van der Waals surface area contributed by atoms with E-state index in [-0.39, 0.29) is 24.2 Å². The van der Waals surface area contributed by atoms with Crippen molar-refractivity contribution >= 4 is 23.4 Å². The number of piperidine rings is 1. The van der Waals surface area contributed by atoms with E-state index in [4.69, 9.17) is 17.3 Å². The highest BCUT2D eigenvalue weighted by molar-refractivity contribution is 6.30. The molecule has 1 saturated heterocycles. The van der Waals surface area contributed by atoms with Gasteiger partial charge in [0.25, 0.3) is 5.91 Å². The lowest BCUT2D eigenvalue weighted by Crippen LogP contribution is -2.49. The summed E-state index contributed by atoms with van der Waals surface area (Å²) in [5.74, 6) is -0.807. The third-order valence-corrected chi connectivity index (χ3v) is 3.51. The molecule has 0 atom stereocenters. The molecule has 108 valence electrons. The standard InChI is InChI=1S/C13H17ClN4O2/c14-9-1-2-11(17-7-9)13(20)18(8-12(15)19)10-3-5-16-6-4-10/h1-2,7,10,16H,3-6,8H2,(H2,15,19). The summed E-state index contributed by atoms with van der Waals surface area (Å²) in [7, 11) is 0. The third-order valence-electron chi connectivity index (χ3n) is 3.28. The summed E-state index contributed by atoms with van der Waals surface area (Å²) < 4.78 is 0. The van der Waals surface area contributed by atoms with Crippen molar-refractivity contribution in [2.45, 2.75) is 18.9 Å². The summed E-state index contributed by atoms with van der Waals surface area (Å²) in [6, 6.07) is 3.17. The van der Waals surface area contributed by atoms with Gasteiger partial charge < -0.3 is 16.0 Å². The molecule has 7 heteroatoms. The molecule has 1 fully saturated rings. The lowest BCUT2D eigenvalue weighted by Gasteiger charge is -2.33. The van der Waals surface area contributed by atoms with Crippen LogP contribution in [0.2, 0.25) is 5.02 Å². The average molecular weight is 297 g/mol. The quantitative estimate of drug-likeness (QED) is 0.842. The van der Waals surface area contributed by atoms with Crippen molar-refractivity contribution in [1.82, 2.24) is 15.2 Å². The summed E-state index contributed by atoms with van der Waals surface area (Å²) in [5, 5.41) is 3.68. The SMILES string of the molecule is NC(=O)CN(C(=O)c1ccc(Cl)cn1)C1CCNCC1. The van der Waals surface area contributed by atoms with Gasteiger partial charge in [0.2, 0.25) is 5.91 Å². The predicted octanol–water partition coefficient (Wildman–Crippen LogP) is 0.414. The summed E-state index contributed by atoms with van der Waals surface area (Å²) in [5.41, 5.74) is 5.52. The van der Waals surface area contributed by atoms with Crippen molar-refractivity contribution in [3.8, 4) is 0 Å². The maximum atomic E-state index is 12.5. The highest BCUT2D eigenvalue weighted by Gasteiger charge is 2.28. The summed E-state index contributed by atoms with van der Waals surface area (Å²) >= 11 is 5.76. The molecular weight excluding hydrogens is 280 g/mol. The zero-order valence-corrected chi connectivity index (χ0v) is 11.8. The topological polar surface area (TPSA) is 88.3 Å². The van der Waals surface area contributed by atoms with Crippen LogP contribution in [0, 0.1) is 0 Å². The maximum absolute atomic E-state index is 12.5. The Hall–Kier alpha value is -1.66. The molecule has 2 heterocycles. The van der Waals surface area contributed by atoms with E-state index in [0.717, 1.165) is 25.9 Å². The number of pyridine rings is 1. The minimum Gasteiger partial charge on any atom is -0.368 e. The summed E-state index contributed by atoms with van der Waals surface area (Å²) in [6.45, 7) is 1.55. The molecule has 2 amide bonds. The number of nitrogens with one attached hydrogen (secondary N) is 1. The largest absolute Gasteiger partial charge is 0.368 e. The van der Waals surface area contributed by atoms with Gasteiger partial charge in [-0.2, -0.15) is 0 Å². The number of rotatable bonds is 4. The van der Waals surface area contributed by atoms with Crippen molar-refractivity contribution in [3.05, 3.63) is 29.0 Å². The molecule has 2 rings (SSSR count). The Morgan fingerprint density at radius 3 is 2.65 bits per heavy atom. The number of halogens is 1. The van der Waals surface area contributed by atoms with Crippen molar-refractivity contribution in [2.24, 2.45) is 5.73 Å². The van der Waals surface area contributed by atoms with Crippen LogP contribution in [0.5, 0.6) is 0 Å². The van der Waals surface area contributed by atoms with Gasteiger partial charge in [-0.15, -0.1) is 0 Å². The van der Waals surface area contributed by atoms with E-state index in [9.17, 15) is 9.59 Å². The number of carbonyl (C=O) groups is 2. The number of hydrogen-bond donors (Lipinski definition) is 2. The Bertz CT molecular complexity index is 486. The lowest BCUT2D eigenvalue weighted by molar-refractivity contribution is -0.119. The van der Waals surface area contributed by atoms with Crippen molar-refractivity contribution < 1.29 is 9.59 Å². The Kier molecular flexibility index (Phi) is 4.92. The minimum atomic E-state index is -0.522. The van der Waals surface area contributed by atoms with E-state index >= 15 is 0 Å². The van der Waals surface area contributed by atoms with Crippen LogP contribution in [-0.4, -0.2) is 47.4 Å². The predicted molar refractivity (Wildman–Crippen MR) is 75.4 cm³/mol. The highest BCUT2D eigenvalue weighted by atomic mass is 35.5. The first-order chi connectivity index (χ1) is 9.58. The van der Waals surface area contributed by atoms with Gasteiger partial charge in [0.15, 0.2) is 0 Å². The zero-order valence-electron chi connectivity index (χ0n) is 11.0. The monoisotopic (exact) mass is 296 g/mol. The van der Waals surface area contributed by atoms with E-state index in [2.05, 4.69) is 10.3 Å². The number of amides is 2. The van der Waals surface area contributed by atoms with Gasteiger partial charge in [0.1, 0.15) is 5.69 Å². The molecule has 6 nitrogen and oxygen atoms in total. The van der Waals surface area contributed by atoms with Gasteiger partial charge in [0, 0.05) is 12.2 Å². The summed E-state index contributed by atoms with van der Waals surface area (Å²) in [4.78, 5) is 29.2. The van der Waals surface area contributed by atoms with E-state index in [1.807, 2.05) is 0 Å². The number of nitrogens with two attached hydrogens (primary N) is 1. The van der Waals surface area contributed by atoms with Crippen LogP contribution in [0.25, 0.3) is 0 Å². The van der Waals surface area contributed by atoms with Crippen LogP contribution in [0.3, 0.4) is 0 Å². The Balaban J connectivity index is 2.18. The molecule has 0 bridgehead atoms. The lowest BCUT2D eigenvalue weighted by atomic mass is 10.0. The van der Waals surface area contributed by atoms with Gasteiger partial charge in [-0.25, -0.2) is 4.98 Å². The first kappa shape index (κ1) is 14.7. The number of carbonyl (C=O) groups excluding carboxylic acids is 2. The van der Waals surface area contributed by atoms with Gasteiger partial charge in [-0.3, -0.25) is 9.59 Å². The normalized spacial score (nSPS) is 15.8. The molecule has 0 saturated carbocycles. The van der Waals surface area contributed by atoms with E-state index in [1.54, 1.807) is 12.1 Å². The number of primary amides is 1. The van der Waals surface area contributed by atoms with Crippen LogP contribution < -0.4 is 11.1 Å². The van der Waals surface area contributed by atoms with E-state index in [1.165, 1.54) is 11.1 Å². The van der Waals surface area contributed by atoms with Crippen molar-refractivity contribution in [2.75, 3.05) is 19.6 Å². The van der Waals surface area contributed by atoms with Crippen LogP contribution in [0.1, 0.15) is 23.3 Å². The Labute approximate surface area is 122 Å². The number of aromatic nitrogens is 1. The molecule has 1 aromatic rings. The van der Waals surface area contributed by atoms with Crippen LogP contribution in [0.4, 0.5) is 0 Å². The first-order valence-corrected chi connectivity index (χ1v) is 6.87. The Morgan fingerprint density at radius 2 is 2.10 bits per heavy atom. The molecule has 1 aliphatic rings. The van der Waals surface area contributed by atoms with Crippen molar-refractivity contribution in [3.63, 3.8) is 0 Å². The van der Waals surface area contributed by atoms with Crippen LogP contribution in [0.15, 0.2) is 18.3 Å². The second-order valence-electron chi connectivity index (χ2n) is 4.74. The van der Waals surface area contributed by atoms with E-state index < -0.39 is 5.91 Å². The molecule has 1 aliphatic heterocycles. The maximum Gasteiger partial charge on any atom is 0.273 e. The molecule has 0 aromatic carbocycles. The zero-order chi connectivity index (χ0) is 14.5. The molecular formula is C13H17ClN4O2. The van der Waals surface area contributed by atoms with Gasteiger partial charge in [-0.1, -0.05) is 11.6 Å². The molecule has 0 unspecified atom stereocenters. The van der Waals surface area contributed by atoms with Crippen molar-refractivity contribution in [1.29, 1.82) is 0 Å². The second kappa shape index (κ2) is 6.67. The fourth-order valence-corrected chi connectivity index (χ4v) is 2.41. The van der Waals surface area contributed by atoms with Gasteiger partial charge in [-0.05, 0) is 38.1 Å². The smallest absolute Gasteiger partial charge is 0.273 e. The van der Waals surface area contributed by atoms with Crippen LogP contribution >= 0.6 is 11.6 Å². The molecule has 20 heavy (non-hydrogen) atoms. The Morgan fingerprint density at radius 1 is 1.40 bits per heavy atom. The molecule has 0 aliphatic carbocycles. The fourth-order valence-electron chi connectivity index (χ4n) is 2.30. The number of nitrogens with zero attached hydrogens (tertiary/aromatic N) is 2. The summed E-state index contributed by atoms with van der Waals surface area (Å²) in [6.07, 6.45) is 3.01. The third kappa shape index (κ3) is 3.68. The van der Waals surface area contributed by atoms with Gasteiger partial charge >= 0.3 is 0 Å². The highest BCUT2D eigenvalue weighted by Crippen LogP contribution is 2.15. The first-order valence-electron chi connectivity index (χ1n) is 6.49. The van der Waals surface area contributed by atoms with Gasteiger partial charge in [0.05, 0.1) is 11.6 Å². The fraction of sp³-hybridized carbons (Fsp3) is 0.462. The average Bonchev–Trinajstić information content (AvgIpc) is 2.45. The molecule has 0 radical (unpaired) electrons.